The van der Waals surface area contributed by atoms with Gasteiger partial charge < -0.3 is 20.5 Å². The molecule has 0 saturated heterocycles. The minimum Gasteiger partial charge on any atom is -0.495 e. The monoisotopic (exact) mass is 352 g/mol. The summed E-state index contributed by atoms with van der Waals surface area (Å²) in [7, 11) is 3.10. The van der Waals surface area contributed by atoms with Crippen molar-refractivity contribution < 1.29 is 14.3 Å². The standard InChI is InChI=1S/C12H17BrN2O3.ClH/c1-7(14)4-11(16)15-8-5-9(17-2)12(13)10(6-8)18-3;/h5-7H,4,14H2,1-3H3,(H,15,16);1H. The van der Waals surface area contributed by atoms with Crippen molar-refractivity contribution in [3.05, 3.63) is 16.6 Å². The van der Waals surface area contributed by atoms with Gasteiger partial charge in [0, 0.05) is 30.3 Å². The molecule has 1 aromatic carbocycles. The van der Waals surface area contributed by atoms with E-state index in [0.29, 0.717) is 21.7 Å². The molecule has 1 atom stereocenters. The molecular formula is C12H18BrClN2O3. The van der Waals surface area contributed by atoms with Crippen molar-refractivity contribution >= 4 is 39.9 Å². The quantitative estimate of drug-likeness (QED) is 0.853. The molecule has 0 aromatic heterocycles. The summed E-state index contributed by atoms with van der Waals surface area (Å²) in [4.78, 5) is 11.6. The van der Waals surface area contributed by atoms with E-state index in [-0.39, 0.29) is 30.8 Å². The molecule has 0 saturated carbocycles. The zero-order valence-corrected chi connectivity index (χ0v) is 13.4. The first-order valence-electron chi connectivity index (χ1n) is 5.45. The first kappa shape index (κ1) is 18.0. The van der Waals surface area contributed by atoms with Gasteiger partial charge in [-0.15, -0.1) is 12.4 Å². The molecule has 108 valence electrons. The number of hydrogen-bond acceptors (Lipinski definition) is 4. The zero-order valence-electron chi connectivity index (χ0n) is 11.0. The number of amides is 1. The lowest BCUT2D eigenvalue weighted by atomic mass is 10.2. The lowest BCUT2D eigenvalue weighted by Crippen LogP contribution is -2.24. The van der Waals surface area contributed by atoms with Crippen LogP contribution in [0.3, 0.4) is 0 Å². The number of carbonyl (C=O) groups is 1. The topological polar surface area (TPSA) is 73.6 Å². The molecule has 3 N–H and O–H groups in total. The maximum atomic E-state index is 11.6. The van der Waals surface area contributed by atoms with Gasteiger partial charge in [-0.05, 0) is 22.9 Å². The van der Waals surface area contributed by atoms with E-state index >= 15 is 0 Å². The lowest BCUT2D eigenvalue weighted by Gasteiger charge is -2.13. The Balaban J connectivity index is 0.00000324. The number of methoxy groups -OCH3 is 2. The molecule has 0 heterocycles. The molecule has 0 spiro atoms. The van der Waals surface area contributed by atoms with Gasteiger partial charge >= 0.3 is 0 Å². The number of anilines is 1. The van der Waals surface area contributed by atoms with Gasteiger partial charge in [0.1, 0.15) is 16.0 Å². The zero-order chi connectivity index (χ0) is 13.7. The second-order valence-electron chi connectivity index (χ2n) is 3.92. The number of benzene rings is 1. The number of carbonyl (C=O) groups excluding carboxylic acids is 1. The Morgan fingerprint density at radius 3 is 2.21 bits per heavy atom. The van der Waals surface area contributed by atoms with Crippen LogP contribution < -0.4 is 20.5 Å². The van der Waals surface area contributed by atoms with Crippen LogP contribution in [0.25, 0.3) is 0 Å². The van der Waals surface area contributed by atoms with Gasteiger partial charge in [0.2, 0.25) is 5.91 Å². The molecule has 0 radical (unpaired) electrons. The van der Waals surface area contributed by atoms with Crippen LogP contribution in [-0.4, -0.2) is 26.2 Å². The van der Waals surface area contributed by atoms with Crippen molar-refractivity contribution in [2.24, 2.45) is 5.73 Å². The highest BCUT2D eigenvalue weighted by atomic mass is 79.9. The van der Waals surface area contributed by atoms with E-state index in [1.807, 2.05) is 0 Å². The molecule has 1 amide bonds. The van der Waals surface area contributed by atoms with Crippen molar-refractivity contribution in [1.82, 2.24) is 0 Å². The average molecular weight is 354 g/mol. The molecule has 1 aromatic rings. The van der Waals surface area contributed by atoms with Crippen LogP contribution in [0, 0.1) is 0 Å². The van der Waals surface area contributed by atoms with Gasteiger partial charge in [0.15, 0.2) is 0 Å². The number of nitrogens with one attached hydrogen (secondary N) is 1. The molecule has 0 aliphatic carbocycles. The summed E-state index contributed by atoms with van der Waals surface area (Å²) < 4.78 is 11.1. The smallest absolute Gasteiger partial charge is 0.225 e. The summed E-state index contributed by atoms with van der Waals surface area (Å²) >= 11 is 3.36. The van der Waals surface area contributed by atoms with Crippen LogP contribution in [0.5, 0.6) is 11.5 Å². The van der Waals surface area contributed by atoms with Gasteiger partial charge in [-0.3, -0.25) is 4.79 Å². The molecule has 1 unspecified atom stereocenters. The minimum atomic E-state index is -0.177. The number of halogens is 2. The predicted molar refractivity (Wildman–Crippen MR) is 81.4 cm³/mol. The van der Waals surface area contributed by atoms with Gasteiger partial charge in [-0.2, -0.15) is 0 Å². The molecule has 0 fully saturated rings. The van der Waals surface area contributed by atoms with Crippen LogP contribution in [0.15, 0.2) is 16.6 Å². The van der Waals surface area contributed by atoms with Crippen molar-refractivity contribution in [1.29, 1.82) is 0 Å². The largest absolute Gasteiger partial charge is 0.495 e. The highest BCUT2D eigenvalue weighted by Gasteiger charge is 2.12. The summed E-state index contributed by atoms with van der Waals surface area (Å²) in [5, 5.41) is 2.75. The Morgan fingerprint density at radius 2 is 1.84 bits per heavy atom. The van der Waals surface area contributed by atoms with E-state index in [1.165, 1.54) is 0 Å². The molecule has 5 nitrogen and oxygen atoms in total. The number of ether oxygens (including phenoxy) is 2. The Kier molecular flexibility index (Phi) is 7.82. The maximum absolute atomic E-state index is 11.6. The fourth-order valence-corrected chi connectivity index (χ4v) is 2.00. The van der Waals surface area contributed by atoms with Crippen molar-refractivity contribution in [3.63, 3.8) is 0 Å². The second kappa shape index (κ2) is 8.24. The van der Waals surface area contributed by atoms with Crippen molar-refractivity contribution in [2.75, 3.05) is 19.5 Å². The van der Waals surface area contributed by atoms with Crippen molar-refractivity contribution in [3.8, 4) is 11.5 Å². The van der Waals surface area contributed by atoms with E-state index in [9.17, 15) is 4.79 Å². The molecule has 7 heteroatoms. The SMILES string of the molecule is COc1cc(NC(=O)CC(C)N)cc(OC)c1Br.Cl. The Bertz CT molecular complexity index is 416. The summed E-state index contributed by atoms with van der Waals surface area (Å²) in [5.74, 6) is 1.03. The van der Waals surface area contributed by atoms with Crippen LogP contribution in [0.2, 0.25) is 0 Å². The third kappa shape index (κ3) is 5.26. The molecule has 1 rings (SSSR count). The van der Waals surface area contributed by atoms with Gasteiger partial charge in [0.25, 0.3) is 0 Å². The number of rotatable bonds is 5. The average Bonchev–Trinajstić information content (AvgIpc) is 2.29. The van der Waals surface area contributed by atoms with Gasteiger partial charge in [-0.1, -0.05) is 0 Å². The third-order valence-corrected chi connectivity index (χ3v) is 3.02. The van der Waals surface area contributed by atoms with Crippen LogP contribution in [0.1, 0.15) is 13.3 Å². The van der Waals surface area contributed by atoms with Gasteiger partial charge in [-0.25, -0.2) is 0 Å². The van der Waals surface area contributed by atoms with E-state index in [0.717, 1.165) is 0 Å². The Hall–Kier alpha value is -0.980. The van der Waals surface area contributed by atoms with E-state index in [4.69, 9.17) is 15.2 Å². The van der Waals surface area contributed by atoms with Gasteiger partial charge in [0.05, 0.1) is 14.2 Å². The predicted octanol–water partition coefficient (Wildman–Crippen LogP) is 2.56. The van der Waals surface area contributed by atoms with Crippen LogP contribution >= 0.6 is 28.3 Å². The fourth-order valence-electron chi connectivity index (χ4n) is 1.45. The van der Waals surface area contributed by atoms with Crippen molar-refractivity contribution in [2.45, 2.75) is 19.4 Å². The van der Waals surface area contributed by atoms with Crippen LogP contribution in [-0.2, 0) is 4.79 Å². The minimum absolute atomic E-state index is 0. The maximum Gasteiger partial charge on any atom is 0.225 e. The Labute approximate surface area is 127 Å². The third-order valence-electron chi connectivity index (χ3n) is 2.24. The molecule has 0 aliphatic rings. The Morgan fingerprint density at radius 1 is 1.37 bits per heavy atom. The fraction of sp³-hybridized carbons (Fsp3) is 0.417. The first-order valence-corrected chi connectivity index (χ1v) is 6.24. The van der Waals surface area contributed by atoms with E-state index in [2.05, 4.69) is 21.2 Å². The summed E-state index contributed by atoms with van der Waals surface area (Å²) in [6.07, 6.45) is 0.265. The van der Waals surface area contributed by atoms with E-state index < -0.39 is 0 Å². The second-order valence-corrected chi connectivity index (χ2v) is 4.72. The molecule has 0 aliphatic heterocycles. The van der Waals surface area contributed by atoms with E-state index in [1.54, 1.807) is 33.3 Å². The summed E-state index contributed by atoms with van der Waals surface area (Å²) in [6, 6.07) is 3.25. The highest BCUT2D eigenvalue weighted by Crippen LogP contribution is 2.37. The molecule has 0 bridgehead atoms. The number of hydrogen-bond donors (Lipinski definition) is 2. The summed E-state index contributed by atoms with van der Waals surface area (Å²) in [6.45, 7) is 1.78. The van der Waals surface area contributed by atoms with Crippen LogP contribution in [0.4, 0.5) is 5.69 Å². The number of nitrogens with two attached hydrogens (primary N) is 1. The molecular weight excluding hydrogens is 336 g/mol. The molecule has 19 heavy (non-hydrogen) atoms. The summed E-state index contributed by atoms with van der Waals surface area (Å²) in [5.41, 5.74) is 6.17. The highest BCUT2D eigenvalue weighted by molar-refractivity contribution is 9.10. The first-order chi connectivity index (χ1) is 8.47. The normalized spacial score (nSPS) is 11.2. The lowest BCUT2D eigenvalue weighted by molar-refractivity contribution is -0.116.